The second kappa shape index (κ2) is 5.40. The largest absolute Gasteiger partial charge is 2.00 e. The van der Waals surface area contributed by atoms with Gasteiger partial charge in [-0.3, -0.25) is 4.55 Å². The molecule has 0 unspecified atom stereocenters. The maximum atomic E-state index is 10.5. The molecule has 1 heterocycles. The molecule has 2 N–H and O–H groups in total. The molecule has 1 aromatic carbocycles. The summed E-state index contributed by atoms with van der Waals surface area (Å²) in [4.78, 5) is 2.81. The van der Waals surface area contributed by atoms with Crippen LogP contribution in [0.3, 0.4) is 0 Å². The molecule has 6 nitrogen and oxygen atoms in total. The van der Waals surface area contributed by atoms with Crippen LogP contribution in [0.4, 0.5) is 0 Å². The zero-order valence-corrected chi connectivity index (χ0v) is 11.9. The van der Waals surface area contributed by atoms with Crippen LogP contribution in [-0.4, -0.2) is 18.0 Å². The summed E-state index contributed by atoms with van der Waals surface area (Å²) in [6.45, 7) is 0. The Balaban J connectivity index is 0.00000112. The van der Waals surface area contributed by atoms with E-state index < -0.39 is 10.4 Å². The Hall–Kier alpha value is -0.947. The van der Waals surface area contributed by atoms with Gasteiger partial charge in [-0.25, -0.2) is 0 Å². The van der Waals surface area contributed by atoms with Gasteiger partial charge in [-0.15, -0.1) is 0 Å². The Kier molecular flexibility index (Phi) is 5.08. The molecule has 0 fully saturated rings. The van der Waals surface area contributed by atoms with Gasteiger partial charge in [0.1, 0.15) is 0 Å². The molecule has 8 heteroatoms. The fourth-order valence-corrected chi connectivity index (χ4v) is 1.59. The van der Waals surface area contributed by atoms with Crippen molar-refractivity contribution in [3.63, 3.8) is 0 Å². The van der Waals surface area contributed by atoms with Crippen LogP contribution < -0.4 is 4.18 Å². The van der Waals surface area contributed by atoms with Crippen molar-refractivity contribution in [3.05, 3.63) is 30.5 Å². The first-order valence-corrected chi connectivity index (χ1v) is 5.16. The molecule has 16 heavy (non-hydrogen) atoms. The molecule has 82 valence electrons. The van der Waals surface area contributed by atoms with E-state index >= 15 is 0 Å². The van der Waals surface area contributed by atoms with E-state index in [0.29, 0.717) is 5.39 Å². The number of benzene rings is 1. The topological polar surface area (TPSA) is 108 Å². The molecule has 0 saturated heterocycles. The SMILES string of the molecule is O=S(=O)(O)Oc1c[nH]c2ccccc12.[O-2].[Zn+2]. The maximum Gasteiger partial charge on any atom is 2.00 e. The van der Waals surface area contributed by atoms with Crippen LogP contribution in [0.1, 0.15) is 0 Å². The number of hydrogen-bond donors (Lipinski definition) is 2. The summed E-state index contributed by atoms with van der Waals surface area (Å²) in [5.41, 5.74) is 0.742. The van der Waals surface area contributed by atoms with Crippen LogP contribution in [0, 0.1) is 0 Å². The molecule has 2 rings (SSSR count). The van der Waals surface area contributed by atoms with Gasteiger partial charge in [0.05, 0.1) is 0 Å². The van der Waals surface area contributed by atoms with Gasteiger partial charge in [-0.1, -0.05) is 12.1 Å². The minimum atomic E-state index is -4.46. The molecule has 0 spiro atoms. The second-order valence-electron chi connectivity index (χ2n) is 2.71. The van der Waals surface area contributed by atoms with Gasteiger partial charge in [0, 0.05) is 17.1 Å². The summed E-state index contributed by atoms with van der Waals surface area (Å²) in [5.74, 6) is 0.0862. The molecular formula is C8H7NO5SZn. The minimum Gasteiger partial charge on any atom is -2.00 e. The van der Waals surface area contributed by atoms with Crippen LogP contribution in [-0.2, 0) is 35.4 Å². The zero-order valence-electron chi connectivity index (χ0n) is 8.08. The first kappa shape index (κ1) is 15.1. The number of aromatic amines is 1. The van der Waals surface area contributed by atoms with Crippen LogP contribution in [0.25, 0.3) is 10.9 Å². The number of fused-ring (bicyclic) bond motifs is 1. The van der Waals surface area contributed by atoms with Gasteiger partial charge in [0.15, 0.2) is 5.75 Å². The van der Waals surface area contributed by atoms with Crippen molar-refractivity contribution in [1.29, 1.82) is 0 Å². The molecule has 0 aliphatic rings. The molecule has 0 atom stereocenters. The molecule has 0 amide bonds. The second-order valence-corrected chi connectivity index (χ2v) is 3.73. The van der Waals surface area contributed by atoms with Crippen LogP contribution in [0.15, 0.2) is 30.5 Å². The fourth-order valence-electron chi connectivity index (χ4n) is 1.23. The first-order valence-electron chi connectivity index (χ1n) is 3.79. The number of hydrogen-bond acceptors (Lipinski definition) is 3. The number of nitrogens with one attached hydrogen (secondary N) is 1. The quantitative estimate of drug-likeness (QED) is 0.641. The molecule has 0 saturated carbocycles. The molecule has 1 aromatic heterocycles. The van der Waals surface area contributed by atoms with Crippen molar-refractivity contribution >= 4 is 21.3 Å². The number of aromatic nitrogens is 1. The maximum absolute atomic E-state index is 10.5. The van der Waals surface area contributed by atoms with Crippen LogP contribution in [0.5, 0.6) is 5.75 Å². The van der Waals surface area contributed by atoms with E-state index in [4.69, 9.17) is 4.55 Å². The summed E-state index contributed by atoms with van der Waals surface area (Å²) in [7, 11) is -4.46. The van der Waals surface area contributed by atoms with Crippen LogP contribution in [0.2, 0.25) is 0 Å². The molecular weight excluding hydrogens is 288 g/mol. The van der Waals surface area contributed by atoms with Crippen molar-refractivity contribution in [2.75, 3.05) is 0 Å². The predicted octanol–water partition coefficient (Wildman–Crippen LogP) is 1.23. The van der Waals surface area contributed by atoms with Gasteiger partial charge in [0.2, 0.25) is 0 Å². The third kappa shape index (κ3) is 3.28. The zero-order chi connectivity index (χ0) is 10.2. The Morgan fingerprint density at radius 2 is 1.88 bits per heavy atom. The third-order valence-electron chi connectivity index (χ3n) is 1.75. The van der Waals surface area contributed by atoms with Gasteiger partial charge in [0.25, 0.3) is 0 Å². The van der Waals surface area contributed by atoms with Crippen molar-refractivity contribution in [2.45, 2.75) is 0 Å². The molecule has 0 bridgehead atoms. The molecule has 0 aliphatic carbocycles. The first-order chi connectivity index (χ1) is 6.56. The van der Waals surface area contributed by atoms with Gasteiger partial charge >= 0.3 is 29.9 Å². The van der Waals surface area contributed by atoms with Crippen molar-refractivity contribution in [2.24, 2.45) is 0 Å². The third-order valence-corrected chi connectivity index (χ3v) is 2.14. The summed E-state index contributed by atoms with van der Waals surface area (Å²) in [6, 6.07) is 7.00. The Morgan fingerprint density at radius 1 is 1.25 bits per heavy atom. The van der Waals surface area contributed by atoms with E-state index in [0.717, 1.165) is 5.52 Å². The van der Waals surface area contributed by atoms with E-state index in [1.54, 1.807) is 24.3 Å². The van der Waals surface area contributed by atoms with E-state index in [2.05, 4.69) is 9.17 Å². The summed E-state index contributed by atoms with van der Waals surface area (Å²) in [6.07, 6.45) is 1.37. The van der Waals surface area contributed by atoms with Crippen molar-refractivity contribution in [1.82, 2.24) is 4.98 Å². The van der Waals surface area contributed by atoms with Gasteiger partial charge < -0.3 is 14.6 Å². The molecule has 2 aromatic rings. The average Bonchev–Trinajstić information content (AvgIpc) is 2.47. The Morgan fingerprint density at radius 3 is 2.50 bits per heavy atom. The van der Waals surface area contributed by atoms with Crippen molar-refractivity contribution < 1.29 is 42.1 Å². The summed E-state index contributed by atoms with van der Waals surface area (Å²) < 4.78 is 33.8. The fraction of sp³-hybridized carbons (Fsp3) is 0. The van der Waals surface area contributed by atoms with Crippen molar-refractivity contribution in [3.8, 4) is 5.75 Å². The normalized spacial score (nSPS) is 10.3. The monoisotopic (exact) mass is 293 g/mol. The van der Waals surface area contributed by atoms with E-state index in [-0.39, 0.29) is 30.7 Å². The van der Waals surface area contributed by atoms with E-state index in [1.807, 2.05) is 0 Å². The smallest absolute Gasteiger partial charge is 2.00 e. The predicted molar refractivity (Wildman–Crippen MR) is 51.2 cm³/mol. The number of para-hydroxylation sites is 1. The number of H-pyrrole nitrogens is 1. The Labute approximate surface area is 105 Å². The van der Waals surface area contributed by atoms with E-state index in [1.165, 1.54) is 6.20 Å². The average molecular weight is 295 g/mol. The Bertz CT molecular complexity index is 565. The molecule has 0 aliphatic heterocycles. The summed E-state index contributed by atoms with van der Waals surface area (Å²) in [5, 5.41) is 0.602. The minimum absolute atomic E-state index is 0. The van der Waals surface area contributed by atoms with Crippen LogP contribution >= 0.6 is 0 Å². The standard InChI is InChI=1S/C8H7NO4S.O.Zn/c10-14(11,12)13-8-5-9-7-4-2-1-3-6(7)8;;/h1-5,9H,(H,10,11,12);;/q;-2;+2. The summed E-state index contributed by atoms with van der Waals surface area (Å²) >= 11 is 0. The van der Waals surface area contributed by atoms with Gasteiger partial charge in [-0.2, -0.15) is 8.42 Å². The van der Waals surface area contributed by atoms with Gasteiger partial charge in [-0.05, 0) is 12.1 Å². The molecule has 0 radical (unpaired) electrons. The number of rotatable bonds is 2. The van der Waals surface area contributed by atoms with E-state index in [9.17, 15) is 8.42 Å².